The van der Waals surface area contributed by atoms with E-state index >= 15 is 0 Å². The molecule has 2 aromatic rings. The lowest BCUT2D eigenvalue weighted by molar-refractivity contribution is 0.607. The van der Waals surface area contributed by atoms with Crippen LogP contribution in [0.1, 0.15) is 5.56 Å². The minimum Gasteiger partial charge on any atom is -0.398 e. The second-order valence-electron chi connectivity index (χ2n) is 3.58. The summed E-state index contributed by atoms with van der Waals surface area (Å²) in [6.07, 6.45) is 0. The number of benzene rings is 1. The predicted molar refractivity (Wildman–Crippen MR) is 61.2 cm³/mol. The van der Waals surface area contributed by atoms with Crippen molar-refractivity contribution in [3.63, 3.8) is 0 Å². The van der Waals surface area contributed by atoms with E-state index in [9.17, 15) is 14.0 Å². The van der Waals surface area contributed by atoms with E-state index in [1.165, 1.54) is 18.2 Å². The molecular weight excluding hydrogens is 225 g/mol. The molecular formula is C11H10FN3O2. The molecule has 2 rings (SSSR count). The second kappa shape index (κ2) is 4.25. The fourth-order valence-electron chi connectivity index (χ4n) is 1.46. The lowest BCUT2D eigenvalue weighted by Crippen LogP contribution is -2.28. The molecule has 0 amide bonds. The largest absolute Gasteiger partial charge is 0.398 e. The lowest BCUT2D eigenvalue weighted by Gasteiger charge is -2.07. The van der Waals surface area contributed by atoms with E-state index in [4.69, 9.17) is 5.73 Å². The van der Waals surface area contributed by atoms with Gasteiger partial charge in [0.05, 0.1) is 6.54 Å². The van der Waals surface area contributed by atoms with Crippen molar-refractivity contribution < 1.29 is 4.39 Å². The van der Waals surface area contributed by atoms with Crippen molar-refractivity contribution in [3.05, 3.63) is 62.4 Å². The quantitative estimate of drug-likeness (QED) is 0.735. The molecule has 0 aliphatic carbocycles. The molecule has 6 heteroatoms. The van der Waals surface area contributed by atoms with Gasteiger partial charge in [-0.3, -0.25) is 14.7 Å². The van der Waals surface area contributed by atoms with Crippen molar-refractivity contribution in [2.75, 3.05) is 5.73 Å². The molecule has 17 heavy (non-hydrogen) atoms. The standard InChI is InChI=1S/C11H10FN3O2/c12-8-1-2-9(13)7(5-8)6-15-11(17)4-3-10(16)14-15/h1-5H,6,13H2,(H,14,16). The van der Waals surface area contributed by atoms with Gasteiger partial charge in [-0.1, -0.05) is 0 Å². The van der Waals surface area contributed by atoms with Crippen molar-refractivity contribution in [2.24, 2.45) is 0 Å². The summed E-state index contributed by atoms with van der Waals surface area (Å²) in [6.45, 7) is 0.0263. The fourth-order valence-corrected chi connectivity index (χ4v) is 1.46. The van der Waals surface area contributed by atoms with Gasteiger partial charge >= 0.3 is 0 Å². The molecule has 1 heterocycles. The van der Waals surface area contributed by atoms with Gasteiger partial charge in [0, 0.05) is 17.8 Å². The topological polar surface area (TPSA) is 80.9 Å². The van der Waals surface area contributed by atoms with E-state index in [1.54, 1.807) is 0 Å². The van der Waals surface area contributed by atoms with Gasteiger partial charge < -0.3 is 5.73 Å². The number of nitrogen functional groups attached to an aromatic ring is 1. The molecule has 0 saturated carbocycles. The Bertz CT molecular complexity index is 660. The van der Waals surface area contributed by atoms with Crippen molar-refractivity contribution >= 4 is 5.69 Å². The Kier molecular flexibility index (Phi) is 2.78. The van der Waals surface area contributed by atoms with E-state index in [1.807, 2.05) is 0 Å². The molecule has 0 atom stereocenters. The van der Waals surface area contributed by atoms with Crippen LogP contribution in [0.4, 0.5) is 10.1 Å². The highest BCUT2D eigenvalue weighted by Crippen LogP contribution is 2.13. The molecule has 0 aliphatic heterocycles. The predicted octanol–water partition coefficient (Wildman–Crippen LogP) is 0.306. The monoisotopic (exact) mass is 235 g/mol. The normalized spacial score (nSPS) is 10.4. The average molecular weight is 235 g/mol. The Morgan fingerprint density at radius 3 is 2.76 bits per heavy atom. The van der Waals surface area contributed by atoms with Crippen LogP contribution in [-0.4, -0.2) is 9.78 Å². The molecule has 0 unspecified atom stereocenters. The van der Waals surface area contributed by atoms with Gasteiger partial charge in [-0.2, -0.15) is 0 Å². The first-order valence-corrected chi connectivity index (χ1v) is 4.90. The summed E-state index contributed by atoms with van der Waals surface area (Å²) in [4.78, 5) is 22.5. The average Bonchev–Trinajstić information content (AvgIpc) is 2.28. The number of H-pyrrole nitrogens is 1. The van der Waals surface area contributed by atoms with E-state index < -0.39 is 11.4 Å². The van der Waals surface area contributed by atoms with Gasteiger partial charge in [0.25, 0.3) is 11.1 Å². The highest BCUT2D eigenvalue weighted by Gasteiger charge is 2.04. The van der Waals surface area contributed by atoms with Gasteiger partial charge in [0.2, 0.25) is 0 Å². The minimum absolute atomic E-state index is 0.0263. The van der Waals surface area contributed by atoms with Crippen molar-refractivity contribution in [3.8, 4) is 0 Å². The number of aromatic amines is 1. The Balaban J connectivity index is 2.44. The third-order valence-electron chi connectivity index (χ3n) is 2.32. The lowest BCUT2D eigenvalue weighted by atomic mass is 10.2. The molecule has 3 N–H and O–H groups in total. The zero-order chi connectivity index (χ0) is 12.4. The first-order chi connectivity index (χ1) is 8.06. The number of halogens is 1. The third-order valence-corrected chi connectivity index (χ3v) is 2.32. The van der Waals surface area contributed by atoms with Gasteiger partial charge in [-0.15, -0.1) is 0 Å². The molecule has 0 spiro atoms. The zero-order valence-corrected chi connectivity index (χ0v) is 8.81. The van der Waals surface area contributed by atoms with Crippen LogP contribution in [0.2, 0.25) is 0 Å². The molecule has 0 radical (unpaired) electrons. The maximum atomic E-state index is 13.0. The first kappa shape index (κ1) is 11.1. The summed E-state index contributed by atoms with van der Waals surface area (Å²) in [7, 11) is 0. The fraction of sp³-hybridized carbons (Fsp3) is 0.0909. The SMILES string of the molecule is Nc1ccc(F)cc1Cn1[nH]c(=O)ccc1=O. The van der Waals surface area contributed by atoms with Crippen molar-refractivity contribution in [2.45, 2.75) is 6.54 Å². The highest BCUT2D eigenvalue weighted by molar-refractivity contribution is 5.46. The van der Waals surface area contributed by atoms with E-state index in [0.717, 1.165) is 16.8 Å². The van der Waals surface area contributed by atoms with Gasteiger partial charge in [0.1, 0.15) is 5.82 Å². The smallest absolute Gasteiger partial charge is 0.265 e. The molecule has 0 aliphatic rings. The molecule has 1 aromatic heterocycles. The molecule has 0 saturated heterocycles. The zero-order valence-electron chi connectivity index (χ0n) is 8.81. The summed E-state index contributed by atoms with van der Waals surface area (Å²) in [5, 5.41) is 2.34. The molecule has 0 bridgehead atoms. The molecule has 0 fully saturated rings. The number of rotatable bonds is 2. The third kappa shape index (κ3) is 2.41. The summed E-state index contributed by atoms with van der Waals surface area (Å²) < 4.78 is 14.1. The van der Waals surface area contributed by atoms with E-state index in [-0.39, 0.29) is 12.1 Å². The number of anilines is 1. The number of aromatic nitrogens is 2. The Labute approximate surface area is 95.3 Å². The van der Waals surface area contributed by atoms with Crippen LogP contribution in [0, 0.1) is 5.82 Å². The van der Waals surface area contributed by atoms with E-state index in [2.05, 4.69) is 5.10 Å². The van der Waals surface area contributed by atoms with Crippen LogP contribution in [0.5, 0.6) is 0 Å². The maximum absolute atomic E-state index is 13.0. The number of nitrogens with two attached hydrogens (primary N) is 1. The number of hydrogen-bond acceptors (Lipinski definition) is 3. The Morgan fingerprint density at radius 1 is 1.24 bits per heavy atom. The van der Waals surface area contributed by atoms with Gasteiger partial charge in [-0.05, 0) is 23.8 Å². The van der Waals surface area contributed by atoms with Crippen LogP contribution in [0.25, 0.3) is 0 Å². The van der Waals surface area contributed by atoms with Crippen molar-refractivity contribution in [1.82, 2.24) is 9.78 Å². The Morgan fingerprint density at radius 2 is 2.00 bits per heavy atom. The minimum atomic E-state index is -0.444. The van der Waals surface area contributed by atoms with Crippen LogP contribution >= 0.6 is 0 Å². The Hall–Kier alpha value is -2.37. The number of nitrogens with one attached hydrogen (secondary N) is 1. The van der Waals surface area contributed by atoms with E-state index in [0.29, 0.717) is 11.3 Å². The summed E-state index contributed by atoms with van der Waals surface area (Å²) in [6, 6.07) is 6.15. The van der Waals surface area contributed by atoms with Gasteiger partial charge in [0.15, 0.2) is 0 Å². The van der Waals surface area contributed by atoms with Crippen LogP contribution in [-0.2, 0) is 6.54 Å². The highest BCUT2D eigenvalue weighted by atomic mass is 19.1. The molecule has 88 valence electrons. The van der Waals surface area contributed by atoms with Gasteiger partial charge in [-0.25, -0.2) is 9.07 Å². The number of nitrogens with zero attached hydrogens (tertiary/aromatic N) is 1. The van der Waals surface area contributed by atoms with Crippen LogP contribution in [0.15, 0.2) is 39.9 Å². The first-order valence-electron chi connectivity index (χ1n) is 4.90. The van der Waals surface area contributed by atoms with Crippen LogP contribution < -0.4 is 16.9 Å². The molecule has 5 nitrogen and oxygen atoms in total. The van der Waals surface area contributed by atoms with Crippen LogP contribution in [0.3, 0.4) is 0 Å². The molecule has 1 aromatic carbocycles. The summed E-state index contributed by atoms with van der Waals surface area (Å²) in [5.74, 6) is -0.444. The second-order valence-corrected chi connectivity index (χ2v) is 3.58. The summed E-state index contributed by atoms with van der Waals surface area (Å²) >= 11 is 0. The maximum Gasteiger partial charge on any atom is 0.265 e. The summed E-state index contributed by atoms with van der Waals surface area (Å²) in [5.41, 5.74) is 5.67. The number of hydrogen-bond donors (Lipinski definition) is 2. The van der Waals surface area contributed by atoms with Crippen molar-refractivity contribution in [1.29, 1.82) is 0 Å².